The number of hydrogen-bond acceptors (Lipinski definition) is 6. The first-order chi connectivity index (χ1) is 12.5. The number of hydrogen-bond donors (Lipinski definition) is 1. The summed E-state index contributed by atoms with van der Waals surface area (Å²) in [6.45, 7) is 3.28. The molecule has 0 aliphatic carbocycles. The molecule has 0 radical (unpaired) electrons. The van der Waals surface area contributed by atoms with Gasteiger partial charge in [0, 0.05) is 13.2 Å². The highest BCUT2D eigenvalue weighted by atomic mass is 32.2. The maximum atomic E-state index is 11.6. The summed E-state index contributed by atoms with van der Waals surface area (Å²) < 4.78 is 5.78. The van der Waals surface area contributed by atoms with Crippen LogP contribution < -0.4 is 15.0 Å². The molecule has 136 valence electrons. The Labute approximate surface area is 156 Å². The molecule has 2 aromatic rings. The number of thioether (sulfide) groups is 1. The SMILES string of the molecule is Cc1ccc(N(C)CCOc2ccc(CC3SC(=O)NC3=O)cc2)nc1. The normalized spacial score (nSPS) is 16.5. The van der Waals surface area contributed by atoms with Gasteiger partial charge in [-0.3, -0.25) is 14.9 Å². The monoisotopic (exact) mass is 371 g/mol. The number of amides is 2. The topological polar surface area (TPSA) is 71.5 Å². The summed E-state index contributed by atoms with van der Waals surface area (Å²) in [4.78, 5) is 29.2. The number of carbonyl (C=O) groups is 2. The van der Waals surface area contributed by atoms with Crippen molar-refractivity contribution in [3.05, 3.63) is 53.7 Å². The zero-order chi connectivity index (χ0) is 18.5. The van der Waals surface area contributed by atoms with Crippen LogP contribution in [0.5, 0.6) is 5.75 Å². The molecule has 1 aliphatic rings. The molecule has 1 aromatic carbocycles. The van der Waals surface area contributed by atoms with Crippen LogP contribution in [0.25, 0.3) is 0 Å². The van der Waals surface area contributed by atoms with E-state index in [1.807, 2.05) is 61.5 Å². The summed E-state index contributed by atoms with van der Waals surface area (Å²) in [5.74, 6) is 1.48. The zero-order valence-corrected chi connectivity index (χ0v) is 15.6. The lowest BCUT2D eigenvalue weighted by atomic mass is 10.1. The Morgan fingerprint density at radius 2 is 1.96 bits per heavy atom. The lowest BCUT2D eigenvalue weighted by Gasteiger charge is -2.18. The van der Waals surface area contributed by atoms with Crippen LogP contribution in [-0.2, 0) is 11.2 Å². The van der Waals surface area contributed by atoms with Crippen LogP contribution in [0, 0.1) is 6.92 Å². The predicted octanol–water partition coefficient (Wildman–Crippen LogP) is 2.80. The van der Waals surface area contributed by atoms with Crippen molar-refractivity contribution in [1.29, 1.82) is 0 Å². The van der Waals surface area contributed by atoms with Gasteiger partial charge in [-0.1, -0.05) is 30.0 Å². The fourth-order valence-corrected chi connectivity index (χ4v) is 3.42. The van der Waals surface area contributed by atoms with Gasteiger partial charge < -0.3 is 9.64 Å². The molecule has 0 spiro atoms. The van der Waals surface area contributed by atoms with Gasteiger partial charge >= 0.3 is 0 Å². The van der Waals surface area contributed by atoms with Gasteiger partial charge in [-0.2, -0.15) is 0 Å². The summed E-state index contributed by atoms with van der Waals surface area (Å²) in [6, 6.07) is 11.7. The summed E-state index contributed by atoms with van der Waals surface area (Å²) in [7, 11) is 1.98. The number of ether oxygens (including phenoxy) is 1. The molecule has 2 amide bonds. The maximum absolute atomic E-state index is 11.6. The van der Waals surface area contributed by atoms with E-state index in [1.54, 1.807) is 0 Å². The second kappa shape index (κ2) is 8.23. The molecule has 0 bridgehead atoms. The van der Waals surface area contributed by atoms with E-state index in [4.69, 9.17) is 4.74 Å². The van der Waals surface area contributed by atoms with Crippen molar-refractivity contribution in [3.63, 3.8) is 0 Å². The van der Waals surface area contributed by atoms with E-state index < -0.39 is 0 Å². The quantitative estimate of drug-likeness (QED) is 0.807. The van der Waals surface area contributed by atoms with Crippen molar-refractivity contribution >= 4 is 28.7 Å². The number of nitrogens with zero attached hydrogens (tertiary/aromatic N) is 2. The minimum atomic E-state index is -0.343. The maximum Gasteiger partial charge on any atom is 0.286 e. The highest BCUT2D eigenvalue weighted by Gasteiger charge is 2.31. The van der Waals surface area contributed by atoms with Crippen molar-refractivity contribution in [2.45, 2.75) is 18.6 Å². The molecule has 1 saturated heterocycles. The smallest absolute Gasteiger partial charge is 0.286 e. The number of anilines is 1. The largest absolute Gasteiger partial charge is 0.492 e. The molecule has 0 saturated carbocycles. The molecule has 26 heavy (non-hydrogen) atoms. The van der Waals surface area contributed by atoms with Crippen molar-refractivity contribution in [3.8, 4) is 5.75 Å². The van der Waals surface area contributed by atoms with Gasteiger partial charge in [0.2, 0.25) is 5.91 Å². The molecule has 1 fully saturated rings. The van der Waals surface area contributed by atoms with Crippen LogP contribution in [0.15, 0.2) is 42.6 Å². The average Bonchev–Trinajstić information content (AvgIpc) is 2.94. The van der Waals surface area contributed by atoms with Gasteiger partial charge in [0.25, 0.3) is 5.24 Å². The summed E-state index contributed by atoms with van der Waals surface area (Å²) in [6.07, 6.45) is 2.38. The lowest BCUT2D eigenvalue weighted by Crippen LogP contribution is -2.25. The molecule has 1 N–H and O–H groups in total. The average molecular weight is 371 g/mol. The van der Waals surface area contributed by atoms with E-state index in [0.29, 0.717) is 13.0 Å². The number of carbonyl (C=O) groups excluding carboxylic acids is 2. The third kappa shape index (κ3) is 4.76. The number of likely N-dealkylation sites (N-methyl/N-ethyl adjacent to an activating group) is 1. The molecule has 2 heterocycles. The fourth-order valence-electron chi connectivity index (χ4n) is 2.56. The Balaban J connectivity index is 1.46. The number of benzene rings is 1. The Morgan fingerprint density at radius 1 is 1.19 bits per heavy atom. The minimum absolute atomic E-state index is 0.215. The highest BCUT2D eigenvalue weighted by molar-refractivity contribution is 8.15. The van der Waals surface area contributed by atoms with Gasteiger partial charge in [0.1, 0.15) is 18.2 Å². The van der Waals surface area contributed by atoms with E-state index in [9.17, 15) is 9.59 Å². The lowest BCUT2D eigenvalue weighted by molar-refractivity contribution is -0.118. The summed E-state index contributed by atoms with van der Waals surface area (Å²) in [5, 5.41) is 1.69. The van der Waals surface area contributed by atoms with Crippen LogP contribution >= 0.6 is 11.8 Å². The molecule has 1 aliphatic heterocycles. The number of rotatable bonds is 7. The van der Waals surface area contributed by atoms with Crippen molar-refractivity contribution < 1.29 is 14.3 Å². The van der Waals surface area contributed by atoms with Crippen LogP contribution in [0.3, 0.4) is 0 Å². The zero-order valence-electron chi connectivity index (χ0n) is 14.8. The van der Waals surface area contributed by atoms with Gasteiger partial charge in [0.05, 0.1) is 11.8 Å². The molecule has 7 heteroatoms. The minimum Gasteiger partial charge on any atom is -0.492 e. The molecule has 1 unspecified atom stereocenters. The second-order valence-electron chi connectivity index (χ2n) is 6.20. The Bertz CT molecular complexity index is 778. The molecule has 1 atom stereocenters. The van der Waals surface area contributed by atoms with E-state index in [0.717, 1.165) is 41.0 Å². The van der Waals surface area contributed by atoms with Crippen LogP contribution in [0.2, 0.25) is 0 Å². The van der Waals surface area contributed by atoms with E-state index in [-0.39, 0.29) is 16.4 Å². The van der Waals surface area contributed by atoms with Crippen LogP contribution in [0.4, 0.5) is 10.6 Å². The van der Waals surface area contributed by atoms with E-state index in [1.165, 1.54) is 0 Å². The number of aromatic nitrogens is 1. The van der Waals surface area contributed by atoms with Crippen molar-refractivity contribution in [1.82, 2.24) is 10.3 Å². The first-order valence-electron chi connectivity index (χ1n) is 8.38. The Kier molecular flexibility index (Phi) is 5.78. The van der Waals surface area contributed by atoms with Crippen molar-refractivity contribution in [2.24, 2.45) is 0 Å². The molecule has 3 rings (SSSR count). The van der Waals surface area contributed by atoms with Crippen LogP contribution in [0.1, 0.15) is 11.1 Å². The fraction of sp³-hybridized carbons (Fsp3) is 0.316. The van der Waals surface area contributed by atoms with Crippen LogP contribution in [-0.4, -0.2) is 41.6 Å². The van der Waals surface area contributed by atoms with E-state index >= 15 is 0 Å². The first kappa shape index (κ1) is 18.3. The molecule has 1 aromatic heterocycles. The van der Waals surface area contributed by atoms with E-state index in [2.05, 4.69) is 10.3 Å². The number of imide groups is 1. The number of pyridine rings is 1. The number of aryl methyl sites for hydroxylation is 1. The number of nitrogens with one attached hydrogen (secondary N) is 1. The standard InChI is InChI=1S/C19H21N3O3S/c1-13-3-8-17(20-12-13)22(2)9-10-25-15-6-4-14(5-7-15)11-16-18(23)21-19(24)26-16/h3-8,12,16H,9-11H2,1-2H3,(H,21,23,24). The summed E-state index contributed by atoms with van der Waals surface area (Å²) in [5.41, 5.74) is 2.14. The molecular formula is C19H21N3O3S. The highest BCUT2D eigenvalue weighted by Crippen LogP contribution is 2.23. The van der Waals surface area contributed by atoms with Gasteiger partial charge in [-0.15, -0.1) is 0 Å². The van der Waals surface area contributed by atoms with Gasteiger partial charge in [0.15, 0.2) is 0 Å². The van der Waals surface area contributed by atoms with Gasteiger partial charge in [-0.05, 0) is 42.7 Å². The first-order valence-corrected chi connectivity index (χ1v) is 9.26. The Hall–Kier alpha value is -2.54. The third-order valence-electron chi connectivity index (χ3n) is 4.09. The Morgan fingerprint density at radius 3 is 2.58 bits per heavy atom. The molecular weight excluding hydrogens is 350 g/mol. The third-order valence-corrected chi connectivity index (χ3v) is 5.08. The van der Waals surface area contributed by atoms with Gasteiger partial charge in [-0.25, -0.2) is 4.98 Å². The predicted molar refractivity (Wildman–Crippen MR) is 103 cm³/mol. The second-order valence-corrected chi connectivity index (χ2v) is 7.37. The summed E-state index contributed by atoms with van der Waals surface area (Å²) >= 11 is 1.05. The molecule has 6 nitrogen and oxygen atoms in total. The van der Waals surface area contributed by atoms with Crippen molar-refractivity contribution in [2.75, 3.05) is 25.1 Å².